The highest BCUT2D eigenvalue weighted by Gasteiger charge is 2.06. The minimum absolute atomic E-state index is 0.116. The molecule has 1 aromatic carbocycles. The number of benzene rings is 1. The van der Waals surface area contributed by atoms with Gasteiger partial charge in [0.05, 0.1) is 0 Å². The van der Waals surface area contributed by atoms with Crippen LogP contribution in [-0.4, -0.2) is 13.0 Å². The third-order valence-corrected chi connectivity index (χ3v) is 2.43. The fourth-order valence-electron chi connectivity index (χ4n) is 1.30. The number of aryl methyl sites for hydroxylation is 2. The molecule has 0 fully saturated rings. The van der Waals surface area contributed by atoms with Gasteiger partial charge in [0.25, 0.3) is 5.91 Å². The zero-order chi connectivity index (χ0) is 12.1. The van der Waals surface area contributed by atoms with Crippen LogP contribution in [0.5, 0.6) is 0 Å². The second-order valence-corrected chi connectivity index (χ2v) is 3.59. The van der Waals surface area contributed by atoms with Crippen molar-refractivity contribution in [3.8, 4) is 6.07 Å². The van der Waals surface area contributed by atoms with Crippen molar-refractivity contribution in [3.05, 3.63) is 40.5 Å². The molecule has 0 saturated heterocycles. The Morgan fingerprint density at radius 2 is 2.06 bits per heavy atom. The lowest BCUT2D eigenvalue weighted by atomic mass is 10.0. The lowest BCUT2D eigenvalue weighted by Gasteiger charge is -2.02. The molecule has 82 valence electrons. The normalized spacial score (nSPS) is 10.8. The van der Waals surface area contributed by atoms with Gasteiger partial charge in [-0.3, -0.25) is 4.79 Å². The van der Waals surface area contributed by atoms with Crippen LogP contribution in [0, 0.1) is 25.2 Å². The fourth-order valence-corrected chi connectivity index (χ4v) is 1.30. The molecular formula is C13H14N2O. The van der Waals surface area contributed by atoms with Gasteiger partial charge in [0.1, 0.15) is 11.6 Å². The van der Waals surface area contributed by atoms with Gasteiger partial charge in [0, 0.05) is 7.05 Å². The van der Waals surface area contributed by atoms with Crippen molar-refractivity contribution >= 4 is 12.0 Å². The first-order valence-corrected chi connectivity index (χ1v) is 4.99. The van der Waals surface area contributed by atoms with E-state index in [4.69, 9.17) is 5.26 Å². The summed E-state index contributed by atoms with van der Waals surface area (Å²) >= 11 is 0. The number of carbonyl (C=O) groups excluding carboxylic acids is 1. The zero-order valence-electron chi connectivity index (χ0n) is 9.66. The van der Waals surface area contributed by atoms with Crippen LogP contribution >= 0.6 is 0 Å². The summed E-state index contributed by atoms with van der Waals surface area (Å²) < 4.78 is 0. The smallest absolute Gasteiger partial charge is 0.261 e. The Kier molecular flexibility index (Phi) is 3.84. The predicted molar refractivity (Wildman–Crippen MR) is 63.6 cm³/mol. The van der Waals surface area contributed by atoms with Crippen LogP contribution in [0.25, 0.3) is 6.08 Å². The van der Waals surface area contributed by atoms with Crippen molar-refractivity contribution in [2.75, 3.05) is 7.05 Å². The standard InChI is InChI=1S/C13H14N2O/c1-9-4-5-11(6-10(9)2)7-12(8-14)13(16)15-3/h4-7H,1-3H3,(H,15,16). The van der Waals surface area contributed by atoms with Gasteiger partial charge in [0.15, 0.2) is 0 Å². The van der Waals surface area contributed by atoms with Crippen molar-refractivity contribution < 1.29 is 4.79 Å². The van der Waals surface area contributed by atoms with Crippen LogP contribution < -0.4 is 5.32 Å². The molecular weight excluding hydrogens is 200 g/mol. The number of nitrogens with zero attached hydrogens (tertiary/aromatic N) is 1. The molecule has 0 spiro atoms. The zero-order valence-corrected chi connectivity index (χ0v) is 9.66. The molecule has 0 atom stereocenters. The summed E-state index contributed by atoms with van der Waals surface area (Å²) in [5, 5.41) is 11.3. The monoisotopic (exact) mass is 214 g/mol. The average molecular weight is 214 g/mol. The Bertz CT molecular complexity index is 481. The summed E-state index contributed by atoms with van der Waals surface area (Å²) in [7, 11) is 1.51. The van der Waals surface area contributed by atoms with Crippen molar-refractivity contribution in [1.82, 2.24) is 5.32 Å². The van der Waals surface area contributed by atoms with Crippen LogP contribution in [0.1, 0.15) is 16.7 Å². The van der Waals surface area contributed by atoms with E-state index in [1.165, 1.54) is 12.6 Å². The molecule has 3 nitrogen and oxygen atoms in total. The SMILES string of the molecule is CNC(=O)C(C#N)=Cc1ccc(C)c(C)c1. The van der Waals surface area contributed by atoms with Gasteiger partial charge < -0.3 is 5.32 Å². The summed E-state index contributed by atoms with van der Waals surface area (Å²) in [6.45, 7) is 4.02. The quantitative estimate of drug-likeness (QED) is 0.604. The van der Waals surface area contributed by atoms with E-state index < -0.39 is 0 Å². The van der Waals surface area contributed by atoms with Gasteiger partial charge in [-0.1, -0.05) is 18.2 Å². The lowest BCUT2D eigenvalue weighted by molar-refractivity contribution is -0.116. The van der Waals surface area contributed by atoms with E-state index in [1.54, 1.807) is 6.08 Å². The predicted octanol–water partition coefficient (Wildman–Crippen LogP) is 1.96. The van der Waals surface area contributed by atoms with Crippen LogP contribution in [0.2, 0.25) is 0 Å². The first-order chi connectivity index (χ1) is 7.58. The third kappa shape index (κ3) is 2.71. The van der Waals surface area contributed by atoms with Gasteiger partial charge in [0.2, 0.25) is 0 Å². The summed E-state index contributed by atoms with van der Waals surface area (Å²) in [5.74, 6) is -0.360. The summed E-state index contributed by atoms with van der Waals surface area (Å²) in [6.07, 6.45) is 1.59. The van der Waals surface area contributed by atoms with E-state index in [2.05, 4.69) is 5.32 Å². The van der Waals surface area contributed by atoms with Crippen LogP contribution in [0.3, 0.4) is 0 Å². The third-order valence-electron chi connectivity index (χ3n) is 2.43. The highest BCUT2D eigenvalue weighted by Crippen LogP contribution is 2.12. The van der Waals surface area contributed by atoms with E-state index in [0.29, 0.717) is 0 Å². The number of rotatable bonds is 2. The van der Waals surface area contributed by atoms with Crippen LogP contribution in [-0.2, 0) is 4.79 Å². The molecule has 0 bridgehead atoms. The second-order valence-electron chi connectivity index (χ2n) is 3.59. The van der Waals surface area contributed by atoms with Gasteiger partial charge >= 0.3 is 0 Å². The number of carbonyl (C=O) groups is 1. The van der Waals surface area contributed by atoms with Crippen molar-refractivity contribution in [2.24, 2.45) is 0 Å². The highest BCUT2D eigenvalue weighted by molar-refractivity contribution is 6.01. The minimum Gasteiger partial charge on any atom is -0.354 e. The van der Waals surface area contributed by atoms with Gasteiger partial charge in [-0.25, -0.2) is 0 Å². The van der Waals surface area contributed by atoms with Gasteiger partial charge in [-0.2, -0.15) is 5.26 Å². The van der Waals surface area contributed by atoms with Gasteiger partial charge in [-0.15, -0.1) is 0 Å². The van der Waals surface area contributed by atoms with Crippen molar-refractivity contribution in [3.63, 3.8) is 0 Å². The largest absolute Gasteiger partial charge is 0.354 e. The Balaban J connectivity index is 3.10. The van der Waals surface area contributed by atoms with Crippen molar-refractivity contribution in [1.29, 1.82) is 5.26 Å². The molecule has 16 heavy (non-hydrogen) atoms. The Labute approximate surface area is 95.4 Å². The first-order valence-electron chi connectivity index (χ1n) is 4.99. The molecule has 1 N–H and O–H groups in total. The Hall–Kier alpha value is -2.08. The van der Waals surface area contributed by atoms with E-state index in [-0.39, 0.29) is 11.5 Å². The number of nitriles is 1. The maximum absolute atomic E-state index is 11.3. The number of hydrogen-bond acceptors (Lipinski definition) is 2. The summed E-state index contributed by atoms with van der Waals surface area (Å²) in [6, 6.07) is 7.70. The molecule has 0 radical (unpaired) electrons. The summed E-state index contributed by atoms with van der Waals surface area (Å²) in [4.78, 5) is 11.3. The van der Waals surface area contributed by atoms with E-state index in [1.807, 2.05) is 38.1 Å². The number of amides is 1. The molecule has 0 unspecified atom stereocenters. The molecule has 0 aliphatic rings. The topological polar surface area (TPSA) is 52.9 Å². The minimum atomic E-state index is -0.360. The number of likely N-dealkylation sites (N-methyl/N-ethyl adjacent to an activating group) is 1. The number of nitrogens with one attached hydrogen (secondary N) is 1. The molecule has 0 aliphatic heterocycles. The van der Waals surface area contributed by atoms with E-state index >= 15 is 0 Å². The molecule has 1 amide bonds. The number of hydrogen-bond donors (Lipinski definition) is 1. The molecule has 0 aliphatic carbocycles. The maximum atomic E-state index is 11.3. The highest BCUT2D eigenvalue weighted by atomic mass is 16.1. The van der Waals surface area contributed by atoms with E-state index in [0.717, 1.165) is 11.1 Å². The van der Waals surface area contributed by atoms with Crippen LogP contribution in [0.4, 0.5) is 0 Å². The van der Waals surface area contributed by atoms with Crippen LogP contribution in [0.15, 0.2) is 23.8 Å². The summed E-state index contributed by atoms with van der Waals surface area (Å²) in [5.41, 5.74) is 3.31. The molecule has 0 aromatic heterocycles. The fraction of sp³-hybridized carbons (Fsp3) is 0.231. The molecule has 0 heterocycles. The lowest BCUT2D eigenvalue weighted by Crippen LogP contribution is -2.19. The first kappa shape index (κ1) is 12.0. The van der Waals surface area contributed by atoms with Crippen molar-refractivity contribution in [2.45, 2.75) is 13.8 Å². The maximum Gasteiger partial charge on any atom is 0.261 e. The Morgan fingerprint density at radius 3 is 2.56 bits per heavy atom. The Morgan fingerprint density at radius 1 is 1.38 bits per heavy atom. The second kappa shape index (κ2) is 5.13. The van der Waals surface area contributed by atoms with E-state index in [9.17, 15) is 4.79 Å². The molecule has 1 rings (SSSR count). The average Bonchev–Trinajstić information content (AvgIpc) is 2.29. The molecule has 1 aromatic rings. The molecule has 3 heteroatoms. The molecule has 0 saturated carbocycles. The van der Waals surface area contributed by atoms with Gasteiger partial charge in [-0.05, 0) is 36.6 Å².